The first-order chi connectivity index (χ1) is 13.7. The zero-order chi connectivity index (χ0) is 21.2. The number of anilines is 1. The fourth-order valence-corrected chi connectivity index (χ4v) is 2.98. The summed E-state index contributed by atoms with van der Waals surface area (Å²) in [6.45, 7) is 0. The van der Waals surface area contributed by atoms with Gasteiger partial charge in [0.15, 0.2) is 0 Å². The number of carbonyl (C=O) groups is 1. The molecule has 0 amide bonds. The number of methoxy groups -OCH3 is 2. The minimum absolute atomic E-state index is 0.0357. The maximum atomic E-state index is 11.8. The minimum Gasteiger partial charge on any atom is -0.497 e. The third kappa shape index (κ3) is 3.86. The summed E-state index contributed by atoms with van der Waals surface area (Å²) in [7, 11) is -1.29. The molecule has 7 heteroatoms. The molecule has 2 aromatic carbocycles. The Morgan fingerprint density at radius 2 is 2.12 bits per heavy atom. The Morgan fingerprint density at radius 1 is 1.35 bits per heavy atom. The Morgan fingerprint density at radius 3 is 2.81 bits per heavy atom. The Labute approximate surface area is 166 Å². The normalized spacial score (nSPS) is 18.2. The van der Waals surface area contributed by atoms with Gasteiger partial charge in [0.1, 0.15) is 16.8 Å². The van der Waals surface area contributed by atoms with Crippen molar-refractivity contribution >= 4 is 46.2 Å². The Hall–Kier alpha value is -2.44. The number of esters is 1. The lowest BCUT2D eigenvalue weighted by molar-refractivity contribution is -0.140. The van der Waals surface area contributed by atoms with Crippen LogP contribution in [0.1, 0.15) is 21.7 Å². The number of thiocarbonyl (C=S) groups is 1. The molecule has 1 heterocycles. The van der Waals surface area contributed by atoms with Crippen LogP contribution in [0.15, 0.2) is 47.5 Å². The lowest BCUT2D eigenvalue weighted by Crippen LogP contribution is -2.26. The van der Waals surface area contributed by atoms with E-state index in [1.807, 2.05) is 0 Å². The van der Waals surface area contributed by atoms with Crippen LogP contribution in [0, 0.1) is 0 Å². The van der Waals surface area contributed by atoms with E-state index in [4.69, 9.17) is 42.4 Å². The molecule has 3 rings (SSSR count). The van der Waals surface area contributed by atoms with E-state index in [0.717, 1.165) is 5.56 Å². The summed E-state index contributed by atoms with van der Waals surface area (Å²) in [6, 6.07) is 11.1. The van der Waals surface area contributed by atoms with Crippen LogP contribution >= 0.6 is 23.8 Å². The van der Waals surface area contributed by atoms with Crippen molar-refractivity contribution in [3.8, 4) is 5.75 Å². The molecule has 1 atom stereocenters. The van der Waals surface area contributed by atoms with Gasteiger partial charge >= 0.3 is 5.97 Å². The number of carbonyl (C=O) groups excluding carboxylic acids is 1. The number of rotatable bonds is 4. The number of halogens is 1. The molecule has 26 heavy (non-hydrogen) atoms. The van der Waals surface area contributed by atoms with Crippen LogP contribution in [0.25, 0.3) is 0 Å². The maximum absolute atomic E-state index is 11.8. The average Bonchev–Trinajstić information content (AvgIpc) is 2.78. The molecule has 1 aliphatic heterocycles. The fraction of sp³-hybridized carbons (Fsp3) is 0.211. The van der Waals surface area contributed by atoms with Crippen LogP contribution in [0.5, 0.6) is 5.75 Å². The highest BCUT2D eigenvalue weighted by atomic mass is 35.5. The number of benzodiazepines with no additional fused rings is 1. The standard InChI is InChI=1S/C19H17ClN2O3S/c1-24-13-7-8-15-14(9-13)18(11-3-5-12(20)6-4-11)21-16(19(26)22-15)10-17(23)25-2/h3-9,16H,10H2,1-2H3,(H,22,26)/t16-/m0/s1/i1D3. The van der Waals surface area contributed by atoms with Crippen LogP contribution in [-0.2, 0) is 9.53 Å². The predicted octanol–water partition coefficient (Wildman–Crippen LogP) is 3.87. The lowest BCUT2D eigenvalue weighted by atomic mass is 10.00. The molecule has 0 bridgehead atoms. The molecule has 5 nitrogen and oxygen atoms in total. The SMILES string of the molecule is [2H]C([2H])([2H])Oc1ccc2c(c1)C(c1ccc(Cl)cc1)=N[C@@H](CC(=O)OC)C(=S)N2. The van der Waals surface area contributed by atoms with Gasteiger partial charge in [0.05, 0.1) is 30.4 Å². The van der Waals surface area contributed by atoms with Gasteiger partial charge < -0.3 is 14.8 Å². The smallest absolute Gasteiger partial charge is 0.308 e. The van der Waals surface area contributed by atoms with Crippen LogP contribution in [0.3, 0.4) is 0 Å². The summed E-state index contributed by atoms with van der Waals surface area (Å²) < 4.78 is 31.8. The number of nitrogens with zero attached hydrogens (tertiary/aromatic N) is 1. The molecule has 1 N–H and O–H groups in total. The van der Waals surface area contributed by atoms with E-state index >= 15 is 0 Å². The topological polar surface area (TPSA) is 59.9 Å². The highest BCUT2D eigenvalue weighted by Gasteiger charge is 2.26. The minimum atomic E-state index is -2.59. The molecule has 0 spiro atoms. The third-order valence-corrected chi connectivity index (χ3v) is 4.54. The van der Waals surface area contributed by atoms with E-state index in [2.05, 4.69) is 5.32 Å². The molecule has 1 aliphatic rings. The van der Waals surface area contributed by atoms with Gasteiger partial charge in [-0.1, -0.05) is 36.0 Å². The van der Waals surface area contributed by atoms with Crippen LogP contribution < -0.4 is 10.1 Å². The molecule has 0 aliphatic carbocycles. The maximum Gasteiger partial charge on any atom is 0.308 e. The van der Waals surface area contributed by atoms with Gasteiger partial charge in [-0.2, -0.15) is 0 Å². The summed E-state index contributed by atoms with van der Waals surface area (Å²) in [5, 5.41) is 3.65. The second-order valence-electron chi connectivity index (χ2n) is 5.58. The molecule has 0 radical (unpaired) electrons. The van der Waals surface area contributed by atoms with Crippen molar-refractivity contribution in [2.45, 2.75) is 12.5 Å². The van der Waals surface area contributed by atoms with Crippen LogP contribution in [0.2, 0.25) is 5.02 Å². The summed E-state index contributed by atoms with van der Waals surface area (Å²) in [6.07, 6.45) is -0.0357. The predicted molar refractivity (Wildman–Crippen MR) is 107 cm³/mol. The summed E-state index contributed by atoms with van der Waals surface area (Å²) in [5.41, 5.74) is 2.45. The number of nitrogens with one attached hydrogen (secondary N) is 1. The number of hydrogen-bond acceptors (Lipinski definition) is 5. The van der Waals surface area contributed by atoms with E-state index in [1.54, 1.807) is 36.4 Å². The first-order valence-corrected chi connectivity index (χ1v) is 8.50. The monoisotopic (exact) mass is 391 g/mol. The van der Waals surface area contributed by atoms with Crippen molar-refractivity contribution < 1.29 is 18.4 Å². The van der Waals surface area contributed by atoms with Crippen molar-refractivity contribution in [3.05, 3.63) is 58.6 Å². The van der Waals surface area contributed by atoms with Crippen LogP contribution in [0.4, 0.5) is 5.69 Å². The van der Waals surface area contributed by atoms with E-state index < -0.39 is 19.0 Å². The molecular weight excluding hydrogens is 372 g/mol. The van der Waals surface area contributed by atoms with Gasteiger partial charge in [-0.3, -0.25) is 9.79 Å². The van der Waals surface area contributed by atoms with Gasteiger partial charge in [-0.05, 0) is 30.3 Å². The molecule has 134 valence electrons. The Kier molecular flexibility index (Phi) is 4.44. The summed E-state index contributed by atoms with van der Waals surface area (Å²) >= 11 is 11.4. The van der Waals surface area contributed by atoms with Crippen molar-refractivity contribution in [3.63, 3.8) is 0 Å². The molecule has 0 aromatic heterocycles. The van der Waals surface area contributed by atoms with E-state index in [-0.39, 0.29) is 12.2 Å². The number of hydrogen-bond donors (Lipinski definition) is 1. The third-order valence-electron chi connectivity index (χ3n) is 3.91. The highest BCUT2D eigenvalue weighted by Crippen LogP contribution is 2.29. The first kappa shape index (κ1) is 14.7. The van der Waals surface area contributed by atoms with Crippen molar-refractivity contribution in [1.82, 2.24) is 0 Å². The second-order valence-corrected chi connectivity index (χ2v) is 6.46. The van der Waals surface area contributed by atoms with E-state index in [1.165, 1.54) is 13.2 Å². The highest BCUT2D eigenvalue weighted by molar-refractivity contribution is 7.80. The average molecular weight is 392 g/mol. The summed E-state index contributed by atoms with van der Waals surface area (Å²) in [5.74, 6) is -0.291. The van der Waals surface area contributed by atoms with E-state index in [0.29, 0.717) is 27.0 Å². The van der Waals surface area contributed by atoms with Crippen molar-refractivity contribution in [1.29, 1.82) is 0 Å². The summed E-state index contributed by atoms with van der Waals surface area (Å²) in [4.78, 5) is 16.9. The second kappa shape index (κ2) is 7.85. The van der Waals surface area contributed by atoms with Crippen molar-refractivity contribution in [2.24, 2.45) is 4.99 Å². The van der Waals surface area contributed by atoms with Crippen LogP contribution in [-0.4, -0.2) is 36.9 Å². The number of fused-ring (bicyclic) bond motifs is 1. The number of benzene rings is 2. The molecule has 0 saturated heterocycles. The zero-order valence-corrected chi connectivity index (χ0v) is 15.4. The molecule has 0 fully saturated rings. The molecule has 0 saturated carbocycles. The Balaban J connectivity index is 2.13. The Bertz CT molecular complexity index is 978. The zero-order valence-electron chi connectivity index (χ0n) is 16.8. The van der Waals surface area contributed by atoms with Gasteiger partial charge in [-0.15, -0.1) is 0 Å². The molecular formula is C19H17ClN2O3S. The van der Waals surface area contributed by atoms with Gasteiger partial charge in [-0.25, -0.2) is 0 Å². The first-order valence-electron chi connectivity index (χ1n) is 9.21. The quantitative estimate of drug-likeness (QED) is 0.633. The largest absolute Gasteiger partial charge is 0.497 e. The van der Waals surface area contributed by atoms with Crippen molar-refractivity contribution in [2.75, 3.05) is 19.5 Å². The fourth-order valence-electron chi connectivity index (χ4n) is 2.61. The van der Waals surface area contributed by atoms with Gasteiger partial charge in [0.2, 0.25) is 0 Å². The lowest BCUT2D eigenvalue weighted by Gasteiger charge is -2.12. The number of ether oxygens (including phenoxy) is 2. The number of aliphatic imine (C=N–C) groups is 1. The van der Waals surface area contributed by atoms with Gasteiger partial charge in [0.25, 0.3) is 0 Å². The van der Waals surface area contributed by atoms with Gasteiger partial charge in [0, 0.05) is 21.8 Å². The molecule has 0 unspecified atom stereocenters. The van der Waals surface area contributed by atoms with E-state index in [9.17, 15) is 4.79 Å². The molecule has 2 aromatic rings.